The molecule has 0 atom stereocenters. The summed E-state index contributed by atoms with van der Waals surface area (Å²) < 4.78 is 11.7. The first-order valence-corrected chi connectivity index (χ1v) is 12.2. The summed E-state index contributed by atoms with van der Waals surface area (Å²) in [7, 11) is 2.17. The monoisotopic (exact) mass is 474 g/mol. The summed E-state index contributed by atoms with van der Waals surface area (Å²) in [6.07, 6.45) is 3.47. The van der Waals surface area contributed by atoms with E-state index >= 15 is 0 Å². The highest BCUT2D eigenvalue weighted by atomic mass is 16.5. The highest BCUT2D eigenvalue weighted by Gasteiger charge is 2.15. The Morgan fingerprint density at radius 1 is 0.914 bits per heavy atom. The van der Waals surface area contributed by atoms with E-state index < -0.39 is 0 Å². The van der Waals surface area contributed by atoms with Gasteiger partial charge in [-0.3, -0.25) is 14.7 Å². The van der Waals surface area contributed by atoms with Gasteiger partial charge in [-0.15, -0.1) is 0 Å². The van der Waals surface area contributed by atoms with Gasteiger partial charge in [0.2, 0.25) is 0 Å². The number of pyridine rings is 1. The lowest BCUT2D eigenvalue weighted by atomic mass is 10.1. The molecular formula is C28H34N4O3. The second kappa shape index (κ2) is 12.3. The Morgan fingerprint density at radius 2 is 1.69 bits per heavy atom. The number of carbonyl (C=O) groups excluding carboxylic acids is 1. The highest BCUT2D eigenvalue weighted by Crippen LogP contribution is 2.29. The SMILES string of the molecule is CCOc1cc(C(=O)NCc2cccc(CN3CCN(C)CC3)c2)ccc1OCc1ccncc1. The molecule has 1 N–H and O–H groups in total. The van der Waals surface area contributed by atoms with E-state index in [4.69, 9.17) is 9.47 Å². The second-order valence-corrected chi connectivity index (χ2v) is 8.82. The maximum atomic E-state index is 12.9. The van der Waals surface area contributed by atoms with Crippen LogP contribution < -0.4 is 14.8 Å². The number of likely N-dealkylation sites (N-methyl/N-ethyl adjacent to an activating group) is 1. The number of hydrogen-bond donors (Lipinski definition) is 1. The first-order valence-electron chi connectivity index (χ1n) is 12.2. The molecule has 0 radical (unpaired) electrons. The number of benzene rings is 2. The van der Waals surface area contributed by atoms with Gasteiger partial charge in [0.25, 0.3) is 5.91 Å². The number of piperazine rings is 1. The van der Waals surface area contributed by atoms with E-state index in [9.17, 15) is 4.79 Å². The number of nitrogens with zero attached hydrogens (tertiary/aromatic N) is 3. The zero-order chi connectivity index (χ0) is 24.5. The van der Waals surface area contributed by atoms with Gasteiger partial charge in [0.15, 0.2) is 11.5 Å². The molecule has 1 amide bonds. The van der Waals surface area contributed by atoms with Crippen molar-refractivity contribution >= 4 is 5.91 Å². The van der Waals surface area contributed by atoms with Crippen LogP contribution in [0.5, 0.6) is 11.5 Å². The lowest BCUT2D eigenvalue weighted by Crippen LogP contribution is -2.43. The molecule has 7 nitrogen and oxygen atoms in total. The van der Waals surface area contributed by atoms with Gasteiger partial charge < -0.3 is 19.7 Å². The summed E-state index contributed by atoms with van der Waals surface area (Å²) in [5, 5.41) is 3.04. The maximum Gasteiger partial charge on any atom is 0.251 e. The molecule has 0 unspecified atom stereocenters. The average Bonchev–Trinajstić information content (AvgIpc) is 2.89. The lowest BCUT2D eigenvalue weighted by molar-refractivity contribution is 0.0950. The van der Waals surface area contributed by atoms with Crippen molar-refractivity contribution in [1.82, 2.24) is 20.1 Å². The smallest absolute Gasteiger partial charge is 0.251 e. The third-order valence-corrected chi connectivity index (χ3v) is 6.10. The Kier molecular flexibility index (Phi) is 8.70. The van der Waals surface area contributed by atoms with Gasteiger partial charge in [-0.1, -0.05) is 24.3 Å². The minimum absolute atomic E-state index is 0.142. The third kappa shape index (κ3) is 7.28. The van der Waals surface area contributed by atoms with E-state index in [-0.39, 0.29) is 5.91 Å². The maximum absolute atomic E-state index is 12.9. The molecule has 1 aliphatic rings. The molecule has 0 aliphatic carbocycles. The van der Waals surface area contributed by atoms with Crippen molar-refractivity contribution in [2.45, 2.75) is 26.6 Å². The molecule has 2 heterocycles. The molecule has 184 valence electrons. The fourth-order valence-corrected chi connectivity index (χ4v) is 4.06. The zero-order valence-electron chi connectivity index (χ0n) is 20.6. The van der Waals surface area contributed by atoms with E-state index in [2.05, 4.69) is 51.4 Å². The van der Waals surface area contributed by atoms with Gasteiger partial charge in [0, 0.05) is 57.2 Å². The molecule has 3 aromatic rings. The summed E-state index contributed by atoms with van der Waals surface area (Å²) in [5.41, 5.74) is 3.92. The fraction of sp³-hybridized carbons (Fsp3) is 0.357. The van der Waals surface area contributed by atoms with Crippen molar-refractivity contribution in [1.29, 1.82) is 0 Å². The Labute approximate surface area is 207 Å². The Morgan fingerprint density at radius 3 is 2.46 bits per heavy atom. The quantitative estimate of drug-likeness (QED) is 0.483. The molecule has 1 fully saturated rings. The van der Waals surface area contributed by atoms with Gasteiger partial charge in [-0.2, -0.15) is 0 Å². The van der Waals surface area contributed by atoms with Crippen LogP contribution in [0.4, 0.5) is 0 Å². The van der Waals surface area contributed by atoms with Gasteiger partial charge >= 0.3 is 0 Å². The summed E-state index contributed by atoms with van der Waals surface area (Å²) in [5.74, 6) is 1.02. The Bertz CT molecular complexity index is 1100. The van der Waals surface area contributed by atoms with E-state index in [1.807, 2.05) is 19.1 Å². The van der Waals surface area contributed by atoms with Crippen LogP contribution in [0.15, 0.2) is 67.0 Å². The topological polar surface area (TPSA) is 66.9 Å². The Hall–Kier alpha value is -3.42. The average molecular weight is 475 g/mol. The predicted molar refractivity (Wildman–Crippen MR) is 137 cm³/mol. The summed E-state index contributed by atoms with van der Waals surface area (Å²) in [6, 6.07) is 17.6. The molecular weight excluding hydrogens is 440 g/mol. The van der Waals surface area contributed by atoms with E-state index in [0.29, 0.717) is 36.8 Å². The van der Waals surface area contributed by atoms with Crippen LogP contribution in [-0.2, 0) is 19.7 Å². The van der Waals surface area contributed by atoms with Crippen LogP contribution >= 0.6 is 0 Å². The van der Waals surface area contributed by atoms with Crippen molar-refractivity contribution < 1.29 is 14.3 Å². The van der Waals surface area contributed by atoms with Crippen LogP contribution in [0.3, 0.4) is 0 Å². The second-order valence-electron chi connectivity index (χ2n) is 8.82. The van der Waals surface area contributed by atoms with Crippen LogP contribution in [0.1, 0.15) is 34.0 Å². The first kappa shape index (κ1) is 24.7. The van der Waals surface area contributed by atoms with Crippen LogP contribution in [0, 0.1) is 0 Å². The molecule has 1 saturated heterocycles. The van der Waals surface area contributed by atoms with Gasteiger partial charge in [-0.05, 0) is 61.0 Å². The van der Waals surface area contributed by atoms with E-state index in [0.717, 1.165) is 43.9 Å². The minimum Gasteiger partial charge on any atom is -0.490 e. The normalized spacial score (nSPS) is 14.5. The predicted octanol–water partition coefficient (Wildman–Crippen LogP) is 3.74. The molecule has 2 aromatic carbocycles. The summed E-state index contributed by atoms with van der Waals surface area (Å²) >= 11 is 0. The van der Waals surface area contributed by atoms with Gasteiger partial charge in [0.1, 0.15) is 6.61 Å². The molecule has 0 spiro atoms. The van der Waals surface area contributed by atoms with Crippen LogP contribution in [0.2, 0.25) is 0 Å². The molecule has 1 aromatic heterocycles. The standard InChI is InChI=1S/C28H34N4O3/c1-3-34-27-18-25(7-8-26(27)35-21-22-9-11-29-12-10-22)28(33)30-19-23-5-4-6-24(17-23)20-32-15-13-31(2)14-16-32/h4-12,17-18H,3,13-16,19-21H2,1-2H3,(H,30,33). The van der Waals surface area contributed by atoms with Crippen molar-refractivity contribution in [3.05, 3.63) is 89.2 Å². The molecule has 4 rings (SSSR count). The molecule has 1 aliphatic heterocycles. The summed E-state index contributed by atoms with van der Waals surface area (Å²) in [4.78, 5) is 21.7. The van der Waals surface area contributed by atoms with Crippen molar-refractivity contribution in [2.24, 2.45) is 0 Å². The van der Waals surface area contributed by atoms with E-state index in [1.54, 1.807) is 30.6 Å². The third-order valence-electron chi connectivity index (χ3n) is 6.10. The van der Waals surface area contributed by atoms with E-state index in [1.165, 1.54) is 5.56 Å². The van der Waals surface area contributed by atoms with Gasteiger partial charge in [-0.25, -0.2) is 0 Å². The number of hydrogen-bond acceptors (Lipinski definition) is 6. The highest BCUT2D eigenvalue weighted by molar-refractivity contribution is 5.94. The number of rotatable bonds is 10. The van der Waals surface area contributed by atoms with Crippen LogP contribution in [-0.4, -0.2) is 60.5 Å². The summed E-state index contributed by atoms with van der Waals surface area (Å²) in [6.45, 7) is 8.59. The Balaban J connectivity index is 1.34. The fourth-order valence-electron chi connectivity index (χ4n) is 4.06. The van der Waals surface area contributed by atoms with Gasteiger partial charge in [0.05, 0.1) is 6.61 Å². The number of nitrogens with one attached hydrogen (secondary N) is 1. The molecule has 0 bridgehead atoms. The number of ether oxygens (including phenoxy) is 2. The molecule has 7 heteroatoms. The van der Waals surface area contributed by atoms with Crippen molar-refractivity contribution in [3.8, 4) is 11.5 Å². The molecule has 0 saturated carbocycles. The molecule has 35 heavy (non-hydrogen) atoms. The number of amides is 1. The minimum atomic E-state index is -0.142. The zero-order valence-corrected chi connectivity index (χ0v) is 20.6. The largest absolute Gasteiger partial charge is 0.490 e. The van der Waals surface area contributed by atoms with Crippen molar-refractivity contribution in [2.75, 3.05) is 39.8 Å². The first-order chi connectivity index (χ1) is 17.1. The lowest BCUT2D eigenvalue weighted by Gasteiger charge is -2.32. The number of carbonyl (C=O) groups is 1. The number of aromatic nitrogens is 1. The van der Waals surface area contributed by atoms with Crippen LogP contribution in [0.25, 0.3) is 0 Å². The van der Waals surface area contributed by atoms with Crippen molar-refractivity contribution in [3.63, 3.8) is 0 Å².